The quantitative estimate of drug-likeness (QED) is 0.610. The number of hydrogen-bond acceptors (Lipinski definition) is 3. The van der Waals surface area contributed by atoms with Crippen LogP contribution in [0.3, 0.4) is 0 Å². The molecule has 1 aromatic rings. The summed E-state index contributed by atoms with van der Waals surface area (Å²) in [6.45, 7) is 3.73. The summed E-state index contributed by atoms with van der Waals surface area (Å²) in [6.07, 6.45) is 0. The summed E-state index contributed by atoms with van der Waals surface area (Å²) in [5.41, 5.74) is 1.76. The molecule has 13 heavy (non-hydrogen) atoms. The molecule has 0 saturated heterocycles. The zero-order chi connectivity index (χ0) is 9.59. The van der Waals surface area contributed by atoms with E-state index in [-0.39, 0.29) is 11.9 Å². The van der Waals surface area contributed by atoms with Crippen molar-refractivity contribution < 1.29 is 4.79 Å². The molecular weight excluding hydrogens is 168 g/mol. The lowest BCUT2D eigenvalue weighted by molar-refractivity contribution is -0.116. The molecule has 5 nitrogen and oxygen atoms in total. The van der Waals surface area contributed by atoms with Crippen molar-refractivity contribution in [1.82, 2.24) is 9.78 Å². The van der Waals surface area contributed by atoms with Crippen LogP contribution < -0.4 is 10.6 Å². The average molecular weight is 180 g/mol. The fraction of sp³-hybridized carbons (Fsp3) is 0.500. The Bertz CT molecular complexity index is 368. The monoisotopic (exact) mass is 180 g/mol. The minimum Gasteiger partial charge on any atom is -0.355 e. The van der Waals surface area contributed by atoms with Crippen LogP contribution in [0.1, 0.15) is 12.6 Å². The first-order chi connectivity index (χ1) is 6.09. The lowest BCUT2D eigenvalue weighted by atomic mass is 10.2. The second-order valence-electron chi connectivity index (χ2n) is 3.29. The van der Waals surface area contributed by atoms with E-state index in [0.29, 0.717) is 0 Å². The normalized spacial score (nSPS) is 20.5. The van der Waals surface area contributed by atoms with Crippen molar-refractivity contribution in [3.05, 3.63) is 5.69 Å². The van der Waals surface area contributed by atoms with Crippen molar-refractivity contribution in [2.75, 3.05) is 10.6 Å². The van der Waals surface area contributed by atoms with Gasteiger partial charge in [0.1, 0.15) is 11.7 Å². The Morgan fingerprint density at radius 3 is 2.92 bits per heavy atom. The molecule has 0 aromatic carbocycles. The fourth-order valence-electron chi connectivity index (χ4n) is 1.36. The number of aryl methyl sites for hydroxylation is 1. The number of nitrogens with zero attached hydrogens (tertiary/aromatic N) is 2. The molecule has 0 aliphatic carbocycles. The fourth-order valence-corrected chi connectivity index (χ4v) is 1.36. The summed E-state index contributed by atoms with van der Waals surface area (Å²) in [4.78, 5) is 11.3. The highest BCUT2D eigenvalue weighted by Gasteiger charge is 2.25. The molecule has 0 bridgehead atoms. The van der Waals surface area contributed by atoms with Gasteiger partial charge in [-0.05, 0) is 13.8 Å². The van der Waals surface area contributed by atoms with Gasteiger partial charge in [-0.25, -0.2) is 0 Å². The zero-order valence-electron chi connectivity index (χ0n) is 7.88. The molecule has 1 unspecified atom stereocenters. The Labute approximate surface area is 76.1 Å². The van der Waals surface area contributed by atoms with Gasteiger partial charge in [-0.2, -0.15) is 5.10 Å². The van der Waals surface area contributed by atoms with E-state index in [2.05, 4.69) is 15.7 Å². The first kappa shape index (κ1) is 8.10. The topological polar surface area (TPSA) is 59.0 Å². The van der Waals surface area contributed by atoms with Gasteiger partial charge in [0.25, 0.3) is 0 Å². The van der Waals surface area contributed by atoms with Crippen LogP contribution in [0.4, 0.5) is 11.5 Å². The van der Waals surface area contributed by atoms with Gasteiger partial charge < -0.3 is 10.6 Å². The third-order valence-corrected chi connectivity index (χ3v) is 2.33. The standard InChI is InChI=1S/C8H12N4O/c1-4-8(13)10-6-5(2)12(3)11-7(6)9-4/h4H,1-3H3,(H,9,11)(H,10,13). The van der Waals surface area contributed by atoms with E-state index >= 15 is 0 Å². The number of hydrogen-bond donors (Lipinski definition) is 2. The molecule has 1 aliphatic heterocycles. The van der Waals surface area contributed by atoms with Crippen molar-refractivity contribution >= 4 is 17.4 Å². The van der Waals surface area contributed by atoms with E-state index in [9.17, 15) is 4.79 Å². The molecule has 0 radical (unpaired) electrons. The predicted molar refractivity (Wildman–Crippen MR) is 49.7 cm³/mol. The number of carbonyl (C=O) groups excluding carboxylic acids is 1. The van der Waals surface area contributed by atoms with Gasteiger partial charge in [0.2, 0.25) is 5.91 Å². The van der Waals surface area contributed by atoms with Crippen molar-refractivity contribution in [2.45, 2.75) is 19.9 Å². The Hall–Kier alpha value is -1.52. The number of rotatable bonds is 0. The highest BCUT2D eigenvalue weighted by atomic mass is 16.2. The molecule has 2 heterocycles. The average Bonchev–Trinajstić information content (AvgIpc) is 2.32. The summed E-state index contributed by atoms with van der Waals surface area (Å²) in [7, 11) is 1.85. The smallest absolute Gasteiger partial charge is 0.246 e. The number of fused-ring (bicyclic) bond motifs is 1. The van der Waals surface area contributed by atoms with E-state index in [1.165, 1.54) is 0 Å². The van der Waals surface area contributed by atoms with E-state index in [0.717, 1.165) is 17.2 Å². The first-order valence-corrected chi connectivity index (χ1v) is 4.20. The van der Waals surface area contributed by atoms with Gasteiger partial charge in [-0.1, -0.05) is 0 Å². The van der Waals surface area contributed by atoms with E-state index in [1.807, 2.05) is 20.9 Å². The van der Waals surface area contributed by atoms with Crippen molar-refractivity contribution in [3.63, 3.8) is 0 Å². The maximum atomic E-state index is 11.3. The lowest BCUT2D eigenvalue weighted by Crippen LogP contribution is -2.36. The van der Waals surface area contributed by atoms with Crippen molar-refractivity contribution in [1.29, 1.82) is 0 Å². The largest absolute Gasteiger partial charge is 0.355 e. The highest BCUT2D eigenvalue weighted by Crippen LogP contribution is 2.28. The van der Waals surface area contributed by atoms with Crippen LogP contribution in [0.5, 0.6) is 0 Å². The summed E-state index contributed by atoms with van der Waals surface area (Å²) in [6, 6.07) is -0.207. The molecular formula is C8H12N4O. The number of nitrogens with one attached hydrogen (secondary N) is 2. The second kappa shape index (κ2) is 2.48. The molecule has 1 atom stereocenters. The molecule has 70 valence electrons. The van der Waals surface area contributed by atoms with E-state index in [4.69, 9.17) is 0 Å². The molecule has 1 amide bonds. The Balaban J connectivity index is 2.48. The Kier molecular flexibility index (Phi) is 1.55. The summed E-state index contributed by atoms with van der Waals surface area (Å²) in [5, 5.41) is 10.1. The maximum absolute atomic E-state index is 11.3. The van der Waals surface area contributed by atoms with Gasteiger partial charge in [0, 0.05) is 7.05 Å². The van der Waals surface area contributed by atoms with Crippen molar-refractivity contribution in [2.24, 2.45) is 7.05 Å². The molecule has 1 aromatic heterocycles. The minimum atomic E-state index is -0.207. The molecule has 0 saturated carbocycles. The number of aromatic nitrogens is 2. The van der Waals surface area contributed by atoms with E-state index in [1.54, 1.807) is 4.68 Å². The second-order valence-corrected chi connectivity index (χ2v) is 3.29. The predicted octanol–water partition coefficient (Wildman–Crippen LogP) is 0.481. The number of anilines is 2. The molecule has 2 N–H and O–H groups in total. The SMILES string of the molecule is Cc1c2c(nn1C)NC(C)C(=O)N2. The lowest BCUT2D eigenvalue weighted by Gasteiger charge is -2.19. The Morgan fingerprint density at radius 2 is 2.23 bits per heavy atom. The zero-order valence-corrected chi connectivity index (χ0v) is 7.88. The highest BCUT2D eigenvalue weighted by molar-refractivity contribution is 6.02. The van der Waals surface area contributed by atoms with E-state index < -0.39 is 0 Å². The van der Waals surface area contributed by atoms with Crippen molar-refractivity contribution in [3.8, 4) is 0 Å². The third kappa shape index (κ3) is 1.07. The van der Waals surface area contributed by atoms with Crippen LogP contribution in [0.15, 0.2) is 0 Å². The van der Waals surface area contributed by atoms with Crippen LogP contribution in [0.2, 0.25) is 0 Å². The third-order valence-electron chi connectivity index (χ3n) is 2.33. The van der Waals surface area contributed by atoms with Gasteiger partial charge in [0.05, 0.1) is 5.69 Å². The molecule has 0 spiro atoms. The van der Waals surface area contributed by atoms with Gasteiger partial charge in [0.15, 0.2) is 5.82 Å². The number of amides is 1. The van der Waals surface area contributed by atoms with Crippen LogP contribution >= 0.6 is 0 Å². The summed E-state index contributed by atoms with van der Waals surface area (Å²) >= 11 is 0. The summed E-state index contributed by atoms with van der Waals surface area (Å²) in [5.74, 6) is 0.746. The molecule has 1 aliphatic rings. The minimum absolute atomic E-state index is 0.0106. The van der Waals surface area contributed by atoms with Crippen LogP contribution in [0.25, 0.3) is 0 Å². The molecule has 2 rings (SSSR count). The van der Waals surface area contributed by atoms with Gasteiger partial charge in [-0.3, -0.25) is 9.48 Å². The summed E-state index contributed by atoms with van der Waals surface area (Å²) < 4.78 is 1.75. The van der Waals surface area contributed by atoms with Crippen LogP contribution in [-0.2, 0) is 11.8 Å². The maximum Gasteiger partial charge on any atom is 0.246 e. The molecule has 5 heteroatoms. The first-order valence-electron chi connectivity index (χ1n) is 4.20. The van der Waals surface area contributed by atoms with Gasteiger partial charge in [-0.15, -0.1) is 0 Å². The molecule has 0 fully saturated rings. The van der Waals surface area contributed by atoms with Crippen LogP contribution in [0, 0.1) is 6.92 Å². The van der Waals surface area contributed by atoms with Crippen LogP contribution in [-0.4, -0.2) is 21.7 Å². The Morgan fingerprint density at radius 1 is 1.54 bits per heavy atom. The van der Waals surface area contributed by atoms with Gasteiger partial charge >= 0.3 is 0 Å². The number of carbonyl (C=O) groups is 1.